The van der Waals surface area contributed by atoms with Gasteiger partial charge in [-0.25, -0.2) is 0 Å². The van der Waals surface area contributed by atoms with Gasteiger partial charge in [-0.05, 0) is 19.8 Å². The Kier molecular flexibility index (Phi) is 7.22. The van der Waals surface area contributed by atoms with Crippen LogP contribution in [-0.4, -0.2) is 12.6 Å². The molecular formula is C15H22O2. The number of carbonyl (C=O) groups is 1. The summed E-state index contributed by atoms with van der Waals surface area (Å²) >= 11 is 0. The minimum Gasteiger partial charge on any atom is -0.466 e. The van der Waals surface area contributed by atoms with E-state index in [1.807, 2.05) is 19.1 Å². The van der Waals surface area contributed by atoms with Gasteiger partial charge in [0, 0.05) is 12.3 Å². The molecule has 1 aliphatic rings. The van der Waals surface area contributed by atoms with Crippen LogP contribution in [0.3, 0.4) is 0 Å². The van der Waals surface area contributed by atoms with Crippen LogP contribution in [0, 0.1) is 17.8 Å². The summed E-state index contributed by atoms with van der Waals surface area (Å²) in [4.78, 5) is 11.0. The molecule has 0 saturated heterocycles. The lowest BCUT2D eigenvalue weighted by atomic mass is 9.90. The van der Waals surface area contributed by atoms with Crippen LogP contribution >= 0.6 is 0 Å². The molecule has 0 N–H and O–H groups in total. The zero-order valence-electron chi connectivity index (χ0n) is 10.7. The first-order valence-corrected chi connectivity index (χ1v) is 6.62. The van der Waals surface area contributed by atoms with Crippen LogP contribution in [0.15, 0.2) is 12.2 Å². The van der Waals surface area contributed by atoms with Crippen molar-refractivity contribution in [3.05, 3.63) is 12.2 Å². The van der Waals surface area contributed by atoms with E-state index in [1.165, 1.54) is 32.1 Å². The van der Waals surface area contributed by atoms with Gasteiger partial charge in [-0.1, -0.05) is 43.3 Å². The van der Waals surface area contributed by atoms with Crippen molar-refractivity contribution >= 4 is 5.97 Å². The van der Waals surface area contributed by atoms with E-state index in [1.54, 1.807) is 0 Å². The zero-order valence-corrected chi connectivity index (χ0v) is 10.7. The molecule has 0 spiro atoms. The molecule has 0 aromatic rings. The largest absolute Gasteiger partial charge is 0.466 e. The van der Waals surface area contributed by atoms with Crippen molar-refractivity contribution in [2.45, 2.75) is 51.9 Å². The lowest BCUT2D eigenvalue weighted by Gasteiger charge is -2.15. The first-order chi connectivity index (χ1) is 8.33. The van der Waals surface area contributed by atoms with Crippen molar-refractivity contribution in [3.8, 4) is 11.8 Å². The molecule has 0 aromatic heterocycles. The summed E-state index contributed by atoms with van der Waals surface area (Å²) < 4.78 is 4.82. The standard InChI is InChI=1S/C15H22O2/c1-2-17-15(16)13-9-4-3-6-10-14-11-7-5-8-12-14/h4,9,14H,2-3,5,7-8,11-13H2,1H3. The van der Waals surface area contributed by atoms with Crippen molar-refractivity contribution in [1.82, 2.24) is 0 Å². The quantitative estimate of drug-likeness (QED) is 0.423. The van der Waals surface area contributed by atoms with Gasteiger partial charge in [0.1, 0.15) is 0 Å². The maximum Gasteiger partial charge on any atom is 0.309 e. The number of hydrogen-bond acceptors (Lipinski definition) is 2. The number of rotatable bonds is 4. The summed E-state index contributed by atoms with van der Waals surface area (Å²) in [6.45, 7) is 2.27. The normalized spacial score (nSPS) is 16.5. The molecule has 0 aromatic carbocycles. The zero-order chi connectivity index (χ0) is 12.3. The summed E-state index contributed by atoms with van der Waals surface area (Å²) in [6, 6.07) is 0. The first-order valence-electron chi connectivity index (χ1n) is 6.62. The second kappa shape index (κ2) is 8.87. The van der Waals surface area contributed by atoms with Gasteiger partial charge in [0.2, 0.25) is 0 Å². The van der Waals surface area contributed by atoms with Crippen molar-refractivity contribution in [1.29, 1.82) is 0 Å². The number of allylic oxidation sites excluding steroid dienone is 1. The Bertz CT molecular complexity index is 301. The van der Waals surface area contributed by atoms with Gasteiger partial charge < -0.3 is 4.74 Å². The third-order valence-corrected chi connectivity index (χ3v) is 2.89. The SMILES string of the molecule is CCOC(=O)CC=CCC#CC1CCCCC1. The average Bonchev–Trinajstić information content (AvgIpc) is 2.35. The minimum atomic E-state index is -0.163. The van der Waals surface area contributed by atoms with E-state index in [9.17, 15) is 4.79 Å². The van der Waals surface area contributed by atoms with Gasteiger partial charge >= 0.3 is 5.97 Å². The van der Waals surface area contributed by atoms with Crippen LogP contribution in [0.2, 0.25) is 0 Å². The predicted octanol–water partition coefficient (Wildman–Crippen LogP) is 3.47. The molecule has 2 nitrogen and oxygen atoms in total. The van der Waals surface area contributed by atoms with Crippen LogP contribution in [0.1, 0.15) is 51.9 Å². The monoisotopic (exact) mass is 234 g/mol. The van der Waals surface area contributed by atoms with E-state index in [0.29, 0.717) is 18.9 Å². The number of ether oxygens (including phenoxy) is 1. The highest BCUT2D eigenvalue weighted by molar-refractivity contribution is 5.71. The van der Waals surface area contributed by atoms with Gasteiger partial charge in [0.05, 0.1) is 13.0 Å². The van der Waals surface area contributed by atoms with Crippen LogP contribution in [0.4, 0.5) is 0 Å². The van der Waals surface area contributed by atoms with Crippen molar-refractivity contribution in [2.75, 3.05) is 6.61 Å². The van der Waals surface area contributed by atoms with E-state index >= 15 is 0 Å². The van der Waals surface area contributed by atoms with E-state index in [-0.39, 0.29) is 5.97 Å². The molecule has 1 aliphatic carbocycles. The molecule has 0 radical (unpaired) electrons. The molecular weight excluding hydrogens is 212 g/mol. The minimum absolute atomic E-state index is 0.163. The molecule has 1 rings (SSSR count). The fraction of sp³-hybridized carbons (Fsp3) is 0.667. The molecule has 0 amide bonds. The lowest BCUT2D eigenvalue weighted by Crippen LogP contribution is -2.02. The van der Waals surface area contributed by atoms with Crippen molar-refractivity contribution in [3.63, 3.8) is 0 Å². The van der Waals surface area contributed by atoms with Crippen LogP contribution in [-0.2, 0) is 9.53 Å². The summed E-state index contributed by atoms with van der Waals surface area (Å²) in [7, 11) is 0. The Morgan fingerprint density at radius 3 is 2.76 bits per heavy atom. The number of carbonyl (C=O) groups excluding carboxylic acids is 1. The molecule has 17 heavy (non-hydrogen) atoms. The Balaban J connectivity index is 2.11. The summed E-state index contributed by atoms with van der Waals surface area (Å²) in [6.07, 6.45) is 11.5. The van der Waals surface area contributed by atoms with E-state index < -0.39 is 0 Å². The Hall–Kier alpha value is -1.23. The second-order valence-electron chi connectivity index (χ2n) is 4.34. The molecule has 0 unspecified atom stereocenters. The van der Waals surface area contributed by atoms with E-state index in [4.69, 9.17) is 4.74 Å². The Morgan fingerprint density at radius 2 is 2.06 bits per heavy atom. The highest BCUT2D eigenvalue weighted by atomic mass is 16.5. The Morgan fingerprint density at radius 1 is 1.29 bits per heavy atom. The lowest BCUT2D eigenvalue weighted by molar-refractivity contribution is -0.142. The summed E-state index contributed by atoms with van der Waals surface area (Å²) in [5.74, 6) is 6.94. The fourth-order valence-electron chi connectivity index (χ4n) is 1.99. The number of hydrogen-bond donors (Lipinski definition) is 0. The Labute approximate surface area is 104 Å². The van der Waals surface area contributed by atoms with Gasteiger partial charge in [-0.2, -0.15) is 0 Å². The predicted molar refractivity (Wildman–Crippen MR) is 69.4 cm³/mol. The molecule has 2 heteroatoms. The van der Waals surface area contributed by atoms with Gasteiger partial charge in [-0.15, -0.1) is 0 Å². The first kappa shape index (κ1) is 13.8. The smallest absolute Gasteiger partial charge is 0.309 e. The molecule has 1 saturated carbocycles. The molecule has 0 heterocycles. The van der Waals surface area contributed by atoms with Crippen LogP contribution in [0.5, 0.6) is 0 Å². The van der Waals surface area contributed by atoms with Crippen LogP contribution in [0.25, 0.3) is 0 Å². The van der Waals surface area contributed by atoms with E-state index in [2.05, 4.69) is 11.8 Å². The highest BCUT2D eigenvalue weighted by Gasteiger charge is 2.09. The van der Waals surface area contributed by atoms with Gasteiger partial charge in [-0.3, -0.25) is 4.79 Å². The summed E-state index contributed by atoms with van der Waals surface area (Å²) in [5, 5.41) is 0. The average molecular weight is 234 g/mol. The van der Waals surface area contributed by atoms with Crippen LogP contribution < -0.4 is 0 Å². The molecule has 0 bridgehead atoms. The van der Waals surface area contributed by atoms with Crippen molar-refractivity contribution < 1.29 is 9.53 Å². The summed E-state index contributed by atoms with van der Waals surface area (Å²) in [5.41, 5.74) is 0. The molecule has 1 fully saturated rings. The molecule has 0 atom stereocenters. The third kappa shape index (κ3) is 6.84. The highest BCUT2D eigenvalue weighted by Crippen LogP contribution is 2.22. The third-order valence-electron chi connectivity index (χ3n) is 2.89. The van der Waals surface area contributed by atoms with Gasteiger partial charge in [0.25, 0.3) is 0 Å². The maximum atomic E-state index is 11.0. The van der Waals surface area contributed by atoms with Gasteiger partial charge in [0.15, 0.2) is 0 Å². The molecule has 94 valence electrons. The number of esters is 1. The van der Waals surface area contributed by atoms with E-state index in [0.717, 1.165) is 6.42 Å². The topological polar surface area (TPSA) is 26.3 Å². The van der Waals surface area contributed by atoms with Crippen molar-refractivity contribution in [2.24, 2.45) is 5.92 Å². The molecule has 0 aliphatic heterocycles. The fourth-order valence-corrected chi connectivity index (χ4v) is 1.99. The maximum absolute atomic E-state index is 11.0. The second-order valence-corrected chi connectivity index (χ2v) is 4.34.